The Labute approximate surface area is 127 Å². The van der Waals surface area contributed by atoms with Gasteiger partial charge in [-0.1, -0.05) is 13.8 Å². The molecule has 21 heavy (non-hydrogen) atoms. The number of aromatic nitrogens is 3. The van der Waals surface area contributed by atoms with Crippen molar-refractivity contribution in [2.75, 3.05) is 5.73 Å². The number of nitrogens with two attached hydrogens (primary N) is 1. The Hall–Kier alpha value is -1.96. The minimum Gasteiger partial charge on any atom is -0.423 e. The maximum Gasteiger partial charge on any atom is 0.238 e. The highest BCUT2D eigenvalue weighted by molar-refractivity contribution is 7.13. The Morgan fingerprint density at radius 1 is 1.38 bits per heavy atom. The van der Waals surface area contributed by atoms with Crippen molar-refractivity contribution in [1.82, 2.24) is 20.5 Å². The summed E-state index contributed by atoms with van der Waals surface area (Å²) >= 11 is 1.37. The Bertz CT molecular complexity index is 607. The van der Waals surface area contributed by atoms with E-state index < -0.39 is 0 Å². The second-order valence-electron chi connectivity index (χ2n) is 5.10. The molecule has 2 aromatic heterocycles. The number of nitrogen functional groups attached to an aromatic ring is 1. The van der Waals surface area contributed by atoms with Gasteiger partial charge in [0.15, 0.2) is 5.13 Å². The molecule has 0 saturated carbocycles. The van der Waals surface area contributed by atoms with E-state index >= 15 is 0 Å². The van der Waals surface area contributed by atoms with Crippen molar-refractivity contribution >= 4 is 22.4 Å². The van der Waals surface area contributed by atoms with Crippen LogP contribution in [0.15, 0.2) is 9.80 Å². The molecule has 2 aromatic rings. The molecule has 0 bridgehead atoms. The molecular weight excluding hydrogens is 290 g/mol. The second-order valence-corrected chi connectivity index (χ2v) is 5.99. The highest BCUT2D eigenvalue weighted by Gasteiger charge is 2.17. The fourth-order valence-corrected chi connectivity index (χ4v) is 2.31. The molecule has 0 radical (unpaired) electrons. The summed E-state index contributed by atoms with van der Waals surface area (Å²) in [5.74, 6) is 1.08. The van der Waals surface area contributed by atoms with Crippen molar-refractivity contribution in [1.29, 1.82) is 0 Å². The molecule has 0 spiro atoms. The number of aryl methyl sites for hydroxylation is 1. The number of nitrogens with one attached hydrogen (secondary N) is 1. The summed E-state index contributed by atoms with van der Waals surface area (Å²) in [5.41, 5.74) is 6.38. The normalized spacial score (nSPS) is 12.6. The van der Waals surface area contributed by atoms with Crippen LogP contribution in [0.1, 0.15) is 56.6 Å². The maximum absolute atomic E-state index is 11.9. The van der Waals surface area contributed by atoms with E-state index in [2.05, 4.69) is 20.5 Å². The Kier molecular flexibility index (Phi) is 4.89. The molecule has 7 nitrogen and oxygen atoms in total. The van der Waals surface area contributed by atoms with Gasteiger partial charge in [-0.05, 0) is 13.3 Å². The molecular formula is C13H19N5O2S. The minimum absolute atomic E-state index is 0.0848. The van der Waals surface area contributed by atoms with E-state index in [1.54, 1.807) is 0 Å². The zero-order valence-electron chi connectivity index (χ0n) is 12.3. The fraction of sp³-hybridized carbons (Fsp3) is 0.538. The van der Waals surface area contributed by atoms with Gasteiger partial charge in [0, 0.05) is 17.7 Å². The molecule has 1 unspecified atom stereocenters. The molecule has 1 amide bonds. The van der Waals surface area contributed by atoms with Crippen LogP contribution in [0, 0.1) is 0 Å². The van der Waals surface area contributed by atoms with E-state index in [4.69, 9.17) is 10.2 Å². The number of carbonyl (C=O) groups is 1. The summed E-state index contributed by atoms with van der Waals surface area (Å²) in [6, 6.07) is -0.307. The Morgan fingerprint density at radius 3 is 2.67 bits per heavy atom. The summed E-state index contributed by atoms with van der Waals surface area (Å²) in [6.45, 7) is 5.76. The monoisotopic (exact) mass is 309 g/mol. The van der Waals surface area contributed by atoms with Crippen molar-refractivity contribution in [3.8, 4) is 0 Å². The van der Waals surface area contributed by atoms with Crippen molar-refractivity contribution in [2.45, 2.75) is 45.6 Å². The third kappa shape index (κ3) is 4.25. The molecule has 2 heterocycles. The lowest BCUT2D eigenvalue weighted by Crippen LogP contribution is -2.27. The van der Waals surface area contributed by atoms with Crippen molar-refractivity contribution in [2.24, 2.45) is 0 Å². The van der Waals surface area contributed by atoms with E-state index in [-0.39, 0.29) is 17.9 Å². The molecule has 0 saturated heterocycles. The average molecular weight is 309 g/mol. The van der Waals surface area contributed by atoms with E-state index in [1.165, 1.54) is 11.3 Å². The molecule has 0 aliphatic rings. The van der Waals surface area contributed by atoms with Crippen LogP contribution in [0.25, 0.3) is 0 Å². The lowest BCUT2D eigenvalue weighted by Gasteiger charge is -2.09. The molecule has 0 aliphatic heterocycles. The van der Waals surface area contributed by atoms with Crippen LogP contribution in [-0.2, 0) is 11.2 Å². The van der Waals surface area contributed by atoms with E-state index in [9.17, 15) is 4.79 Å². The van der Waals surface area contributed by atoms with E-state index in [1.807, 2.05) is 26.2 Å². The number of nitrogens with zero attached hydrogens (tertiary/aromatic N) is 3. The van der Waals surface area contributed by atoms with Crippen LogP contribution < -0.4 is 11.1 Å². The van der Waals surface area contributed by atoms with Gasteiger partial charge < -0.3 is 15.5 Å². The number of anilines is 1. The van der Waals surface area contributed by atoms with Gasteiger partial charge in [0.1, 0.15) is 6.04 Å². The summed E-state index contributed by atoms with van der Waals surface area (Å²) in [4.78, 5) is 16.0. The number of hydrogen-bond donors (Lipinski definition) is 2. The van der Waals surface area contributed by atoms with Gasteiger partial charge in [-0.25, -0.2) is 4.98 Å². The highest BCUT2D eigenvalue weighted by atomic mass is 32.1. The average Bonchev–Trinajstić information content (AvgIpc) is 3.05. The van der Waals surface area contributed by atoms with Crippen LogP contribution >= 0.6 is 11.3 Å². The van der Waals surface area contributed by atoms with Crippen LogP contribution in [0.5, 0.6) is 0 Å². The highest BCUT2D eigenvalue weighted by Crippen LogP contribution is 2.17. The number of carbonyl (C=O) groups excluding carboxylic acids is 1. The fourth-order valence-electron chi connectivity index (χ4n) is 1.71. The van der Waals surface area contributed by atoms with Gasteiger partial charge in [0.2, 0.25) is 17.7 Å². The molecule has 114 valence electrons. The van der Waals surface area contributed by atoms with Crippen LogP contribution in [0.3, 0.4) is 0 Å². The van der Waals surface area contributed by atoms with Crippen molar-refractivity contribution in [3.05, 3.63) is 22.9 Å². The van der Waals surface area contributed by atoms with Gasteiger partial charge in [0.05, 0.1) is 5.69 Å². The van der Waals surface area contributed by atoms with Gasteiger partial charge in [0.25, 0.3) is 0 Å². The lowest BCUT2D eigenvalue weighted by atomic mass is 10.2. The maximum atomic E-state index is 11.9. The van der Waals surface area contributed by atoms with Gasteiger partial charge in [-0.3, -0.25) is 4.79 Å². The molecule has 2 rings (SSSR count). The predicted octanol–water partition coefficient (Wildman–Crippen LogP) is 2.04. The number of rotatable bonds is 6. The second kappa shape index (κ2) is 6.66. The van der Waals surface area contributed by atoms with Gasteiger partial charge in [-0.2, -0.15) is 0 Å². The van der Waals surface area contributed by atoms with E-state index in [0.717, 1.165) is 5.69 Å². The molecule has 3 N–H and O–H groups in total. The molecule has 0 fully saturated rings. The smallest absolute Gasteiger partial charge is 0.238 e. The van der Waals surface area contributed by atoms with Gasteiger partial charge in [-0.15, -0.1) is 21.5 Å². The first-order valence-electron chi connectivity index (χ1n) is 6.78. The number of thiazole rings is 1. The van der Waals surface area contributed by atoms with Crippen LogP contribution in [0.2, 0.25) is 0 Å². The third-order valence-electron chi connectivity index (χ3n) is 2.88. The Morgan fingerprint density at radius 2 is 2.10 bits per heavy atom. The standard InChI is InChI=1S/C13H19N5O2S/c1-7(2)11-17-18-12(20-11)8(3)15-10(19)5-4-9-6-21-13(14)16-9/h6-8H,4-5H2,1-3H3,(H2,14,16)(H,15,19). The topological polar surface area (TPSA) is 107 Å². The summed E-state index contributed by atoms with van der Waals surface area (Å²) in [6.07, 6.45) is 0.909. The first-order valence-corrected chi connectivity index (χ1v) is 7.66. The number of amides is 1. The quantitative estimate of drug-likeness (QED) is 0.845. The predicted molar refractivity (Wildman–Crippen MR) is 79.8 cm³/mol. The zero-order chi connectivity index (χ0) is 15.4. The SMILES string of the molecule is CC(C)c1nnc(C(C)NC(=O)CCc2csc(N)n2)o1. The van der Waals surface area contributed by atoms with Crippen LogP contribution in [-0.4, -0.2) is 21.1 Å². The lowest BCUT2D eigenvalue weighted by molar-refractivity contribution is -0.121. The molecule has 8 heteroatoms. The number of hydrogen-bond acceptors (Lipinski definition) is 7. The first kappa shape index (κ1) is 15.4. The summed E-state index contributed by atoms with van der Waals surface area (Å²) in [7, 11) is 0. The molecule has 1 atom stereocenters. The third-order valence-corrected chi connectivity index (χ3v) is 3.60. The van der Waals surface area contributed by atoms with Gasteiger partial charge >= 0.3 is 0 Å². The zero-order valence-corrected chi connectivity index (χ0v) is 13.1. The molecule has 0 aliphatic carbocycles. The Balaban J connectivity index is 1.83. The molecule has 0 aromatic carbocycles. The minimum atomic E-state index is -0.307. The van der Waals surface area contributed by atoms with Crippen molar-refractivity contribution in [3.63, 3.8) is 0 Å². The summed E-state index contributed by atoms with van der Waals surface area (Å²) in [5, 5.41) is 13.1. The van der Waals surface area contributed by atoms with Crippen molar-refractivity contribution < 1.29 is 9.21 Å². The summed E-state index contributed by atoms with van der Waals surface area (Å²) < 4.78 is 5.51. The van der Waals surface area contributed by atoms with E-state index in [0.29, 0.717) is 29.8 Å². The first-order chi connectivity index (χ1) is 9.95. The largest absolute Gasteiger partial charge is 0.423 e. The van der Waals surface area contributed by atoms with Crippen LogP contribution in [0.4, 0.5) is 5.13 Å².